The van der Waals surface area contributed by atoms with Crippen LogP contribution in [0.15, 0.2) is 54.9 Å². The van der Waals surface area contributed by atoms with Gasteiger partial charge in [-0.05, 0) is 42.5 Å². The third-order valence-corrected chi connectivity index (χ3v) is 5.49. The minimum absolute atomic E-state index is 0.0493. The number of alkyl halides is 3. The Kier molecular flexibility index (Phi) is 7.09. The van der Waals surface area contributed by atoms with E-state index < -0.39 is 17.6 Å². The highest BCUT2D eigenvalue weighted by atomic mass is 35.5. The molecule has 3 aromatic carbocycles. The van der Waals surface area contributed by atoms with Gasteiger partial charge in [-0.2, -0.15) is 13.2 Å². The van der Waals surface area contributed by atoms with Crippen molar-refractivity contribution in [2.75, 3.05) is 17.7 Å². The Morgan fingerprint density at radius 3 is 2.36 bits per heavy atom. The number of carbonyl (C=O) groups is 1. The van der Waals surface area contributed by atoms with Crippen molar-refractivity contribution in [2.45, 2.75) is 13.1 Å². The molecule has 0 radical (unpaired) electrons. The van der Waals surface area contributed by atoms with Gasteiger partial charge in [0.1, 0.15) is 12.1 Å². The van der Waals surface area contributed by atoms with E-state index in [4.69, 9.17) is 32.7 Å². The quantitative estimate of drug-likeness (QED) is 0.266. The van der Waals surface area contributed by atoms with Gasteiger partial charge in [0, 0.05) is 23.4 Å². The van der Waals surface area contributed by atoms with Gasteiger partial charge < -0.3 is 20.1 Å². The van der Waals surface area contributed by atoms with Crippen molar-refractivity contribution in [3.63, 3.8) is 0 Å². The van der Waals surface area contributed by atoms with Crippen molar-refractivity contribution in [3.05, 3.63) is 70.5 Å². The van der Waals surface area contributed by atoms with E-state index in [2.05, 4.69) is 20.6 Å². The Balaban J connectivity index is 1.81. The van der Waals surface area contributed by atoms with Crippen molar-refractivity contribution in [2.24, 2.45) is 0 Å². The lowest BCUT2D eigenvalue weighted by molar-refractivity contribution is -0.137. The predicted molar refractivity (Wildman–Crippen MR) is 132 cm³/mol. The molecule has 0 spiro atoms. The Morgan fingerprint density at radius 2 is 1.69 bits per heavy atom. The predicted octanol–water partition coefficient (Wildman–Crippen LogP) is 7.46. The molecule has 0 saturated carbocycles. The van der Waals surface area contributed by atoms with E-state index in [1.807, 2.05) is 0 Å². The number of aromatic nitrogens is 2. The van der Waals surface area contributed by atoms with Gasteiger partial charge in [0.15, 0.2) is 17.2 Å². The first-order valence-electron chi connectivity index (χ1n) is 10.3. The normalized spacial score (nSPS) is 11.3. The van der Waals surface area contributed by atoms with Crippen LogP contribution in [0.1, 0.15) is 12.5 Å². The number of halogens is 5. The molecule has 1 aromatic heterocycles. The molecule has 0 unspecified atom stereocenters. The summed E-state index contributed by atoms with van der Waals surface area (Å²) in [4.78, 5) is 20.1. The summed E-state index contributed by atoms with van der Waals surface area (Å²) < 4.78 is 51.3. The molecule has 0 aliphatic heterocycles. The maximum absolute atomic E-state index is 13.4. The second-order valence-corrected chi connectivity index (χ2v) is 8.33. The van der Waals surface area contributed by atoms with Crippen LogP contribution in [0.4, 0.5) is 30.4 Å². The molecule has 2 N–H and O–H groups in total. The number of nitrogens with one attached hydrogen (secondary N) is 2. The summed E-state index contributed by atoms with van der Waals surface area (Å²) in [5, 5.41) is 6.83. The molecule has 4 aromatic rings. The van der Waals surface area contributed by atoms with E-state index in [0.29, 0.717) is 32.5 Å². The first kappa shape index (κ1) is 25.3. The topological polar surface area (TPSA) is 85.4 Å². The molecule has 36 heavy (non-hydrogen) atoms. The van der Waals surface area contributed by atoms with Crippen LogP contribution >= 0.6 is 23.2 Å². The summed E-state index contributed by atoms with van der Waals surface area (Å²) in [6.07, 6.45) is -3.29. The monoisotopic (exact) mass is 536 g/mol. The molecule has 0 aliphatic carbocycles. The fourth-order valence-electron chi connectivity index (χ4n) is 3.32. The zero-order valence-corrected chi connectivity index (χ0v) is 20.2. The first-order valence-corrected chi connectivity index (χ1v) is 11.0. The van der Waals surface area contributed by atoms with E-state index in [1.165, 1.54) is 26.4 Å². The number of anilines is 3. The van der Waals surface area contributed by atoms with E-state index in [1.54, 1.807) is 24.3 Å². The van der Waals surface area contributed by atoms with Gasteiger partial charge in [0.05, 0.1) is 34.6 Å². The molecule has 186 valence electrons. The van der Waals surface area contributed by atoms with Crippen molar-refractivity contribution >= 4 is 57.2 Å². The van der Waals surface area contributed by atoms with E-state index in [9.17, 15) is 18.0 Å². The maximum atomic E-state index is 13.4. The standard InChI is InChI=1S/C24H17Cl2F3N4O3/c1-12(34)32-18-5-3-13(24(27,28)29)7-20(18)36-22-9-15-19(10-21(22)35-2)30-11-31-23(15)33-17-6-4-14(25)8-16(17)26/h3-11H,1-2H3,(H,32,34)(H,30,31,33). The molecule has 0 fully saturated rings. The third-order valence-electron chi connectivity index (χ3n) is 4.94. The summed E-state index contributed by atoms with van der Waals surface area (Å²) in [5.41, 5.74) is 0.0840. The van der Waals surface area contributed by atoms with Crippen LogP contribution in [-0.2, 0) is 11.0 Å². The highest BCUT2D eigenvalue weighted by Gasteiger charge is 2.31. The first-order chi connectivity index (χ1) is 17.0. The maximum Gasteiger partial charge on any atom is 0.416 e. The summed E-state index contributed by atoms with van der Waals surface area (Å²) in [6.45, 7) is 1.23. The van der Waals surface area contributed by atoms with E-state index in [0.717, 1.165) is 18.2 Å². The van der Waals surface area contributed by atoms with Crippen LogP contribution in [0.25, 0.3) is 10.9 Å². The summed E-state index contributed by atoms with van der Waals surface area (Å²) >= 11 is 12.2. The number of hydrogen-bond acceptors (Lipinski definition) is 6. The minimum Gasteiger partial charge on any atom is -0.493 e. The minimum atomic E-state index is -4.62. The Labute approximate surface area is 213 Å². The van der Waals surface area contributed by atoms with E-state index in [-0.39, 0.29) is 22.9 Å². The van der Waals surface area contributed by atoms with Gasteiger partial charge in [-0.1, -0.05) is 23.2 Å². The second-order valence-electron chi connectivity index (χ2n) is 7.48. The molecule has 1 amide bonds. The fraction of sp³-hybridized carbons (Fsp3) is 0.125. The van der Waals surface area contributed by atoms with Gasteiger partial charge in [0.25, 0.3) is 0 Å². The molecular weight excluding hydrogens is 520 g/mol. The van der Waals surface area contributed by atoms with Gasteiger partial charge in [-0.15, -0.1) is 0 Å². The number of hydrogen-bond donors (Lipinski definition) is 2. The van der Waals surface area contributed by atoms with Crippen LogP contribution in [0, 0.1) is 0 Å². The van der Waals surface area contributed by atoms with Crippen LogP contribution < -0.4 is 20.1 Å². The third kappa shape index (κ3) is 5.55. The number of ether oxygens (including phenoxy) is 2. The van der Waals surface area contributed by atoms with Crippen molar-refractivity contribution in [3.8, 4) is 17.2 Å². The molecular formula is C24H17Cl2F3N4O3. The second kappa shape index (κ2) is 10.1. The van der Waals surface area contributed by atoms with Crippen LogP contribution in [0.2, 0.25) is 10.0 Å². The molecule has 0 bridgehead atoms. The average molecular weight is 537 g/mol. The summed E-state index contributed by atoms with van der Waals surface area (Å²) in [5.74, 6) is -0.101. The van der Waals surface area contributed by atoms with E-state index >= 15 is 0 Å². The smallest absolute Gasteiger partial charge is 0.416 e. The molecule has 12 heteroatoms. The van der Waals surface area contributed by atoms with Crippen molar-refractivity contribution in [1.82, 2.24) is 9.97 Å². The largest absolute Gasteiger partial charge is 0.493 e. The lowest BCUT2D eigenvalue weighted by Crippen LogP contribution is -2.10. The lowest BCUT2D eigenvalue weighted by Gasteiger charge is -2.17. The summed E-state index contributed by atoms with van der Waals surface area (Å²) in [6, 6.07) is 10.7. The zero-order chi connectivity index (χ0) is 26.0. The molecule has 4 rings (SSSR count). The van der Waals surface area contributed by atoms with Crippen LogP contribution in [-0.4, -0.2) is 23.0 Å². The molecule has 7 nitrogen and oxygen atoms in total. The number of benzene rings is 3. The lowest BCUT2D eigenvalue weighted by atomic mass is 10.1. The molecule has 0 aliphatic rings. The highest BCUT2D eigenvalue weighted by Crippen LogP contribution is 2.42. The zero-order valence-electron chi connectivity index (χ0n) is 18.7. The number of amides is 1. The van der Waals surface area contributed by atoms with Crippen LogP contribution in [0.5, 0.6) is 17.2 Å². The average Bonchev–Trinajstić information content (AvgIpc) is 2.81. The van der Waals surface area contributed by atoms with Crippen molar-refractivity contribution < 1.29 is 27.4 Å². The molecule has 1 heterocycles. The number of carbonyl (C=O) groups excluding carboxylic acids is 1. The molecule has 0 atom stereocenters. The summed E-state index contributed by atoms with van der Waals surface area (Å²) in [7, 11) is 1.38. The number of rotatable bonds is 6. The highest BCUT2D eigenvalue weighted by molar-refractivity contribution is 6.36. The van der Waals surface area contributed by atoms with Crippen LogP contribution in [0.3, 0.4) is 0 Å². The fourth-order valence-corrected chi connectivity index (χ4v) is 3.77. The Hall–Kier alpha value is -3.76. The van der Waals surface area contributed by atoms with Crippen molar-refractivity contribution in [1.29, 1.82) is 0 Å². The number of methoxy groups -OCH3 is 1. The molecule has 0 saturated heterocycles. The Bertz CT molecular complexity index is 1460. The van der Waals surface area contributed by atoms with Gasteiger partial charge in [-0.25, -0.2) is 9.97 Å². The number of nitrogens with zero attached hydrogens (tertiary/aromatic N) is 2. The Morgan fingerprint density at radius 1 is 0.944 bits per heavy atom. The van der Waals surface area contributed by atoms with Gasteiger partial charge in [-0.3, -0.25) is 4.79 Å². The van der Waals surface area contributed by atoms with Gasteiger partial charge in [0.2, 0.25) is 5.91 Å². The SMILES string of the molecule is COc1cc2ncnc(Nc3ccc(Cl)cc3Cl)c2cc1Oc1cc(C(F)(F)F)ccc1NC(C)=O. The van der Waals surface area contributed by atoms with Gasteiger partial charge >= 0.3 is 6.18 Å². The number of fused-ring (bicyclic) bond motifs is 1.